The minimum Gasteiger partial charge on any atom is -0.493 e. The molecule has 0 bridgehead atoms. The molecule has 9 nitrogen and oxygen atoms in total. The molecule has 0 radical (unpaired) electrons. The number of rotatable bonds is 13. The average molecular weight is 602 g/mol. The Bertz CT molecular complexity index is 1450. The van der Waals surface area contributed by atoms with E-state index in [-0.39, 0.29) is 34.8 Å². The third kappa shape index (κ3) is 7.92. The van der Waals surface area contributed by atoms with Gasteiger partial charge in [-0.3, -0.25) is 13.9 Å². The number of hydrogen-bond acceptors (Lipinski definition) is 6. The molecular weight excluding hydrogens is 566 g/mol. The van der Waals surface area contributed by atoms with Crippen LogP contribution in [0.5, 0.6) is 11.5 Å². The summed E-state index contributed by atoms with van der Waals surface area (Å²) in [7, 11) is -1.40. The number of anilines is 1. The summed E-state index contributed by atoms with van der Waals surface area (Å²) in [4.78, 5) is 28.4. The van der Waals surface area contributed by atoms with Crippen molar-refractivity contribution in [2.75, 3.05) is 25.1 Å². The van der Waals surface area contributed by atoms with E-state index < -0.39 is 28.5 Å². The molecule has 0 heterocycles. The van der Waals surface area contributed by atoms with E-state index in [4.69, 9.17) is 21.1 Å². The van der Waals surface area contributed by atoms with Crippen molar-refractivity contribution in [3.05, 3.63) is 83.4 Å². The SMILES string of the molecule is CCC(C)NC(=O)C(C)N(Cc1cccc(Cl)c1)C(=O)CN(c1ccccc1)S(=O)(=O)c1ccc(OC)c(OC)c1. The third-order valence-electron chi connectivity index (χ3n) is 6.68. The van der Waals surface area contributed by atoms with Crippen LogP contribution in [0.15, 0.2) is 77.7 Å². The molecule has 0 aliphatic rings. The number of benzene rings is 3. The van der Waals surface area contributed by atoms with Crippen LogP contribution < -0.4 is 19.1 Å². The average Bonchev–Trinajstić information content (AvgIpc) is 2.97. The van der Waals surface area contributed by atoms with Gasteiger partial charge in [-0.15, -0.1) is 0 Å². The number of hydrogen-bond donors (Lipinski definition) is 1. The zero-order chi connectivity index (χ0) is 30.2. The molecule has 1 N–H and O–H groups in total. The van der Waals surface area contributed by atoms with Crippen LogP contribution in [0, 0.1) is 0 Å². The first-order valence-corrected chi connectivity index (χ1v) is 15.0. The normalized spacial score (nSPS) is 12.6. The first-order chi connectivity index (χ1) is 19.5. The second-order valence-corrected chi connectivity index (χ2v) is 11.8. The largest absolute Gasteiger partial charge is 0.493 e. The van der Waals surface area contributed by atoms with Crippen molar-refractivity contribution in [1.82, 2.24) is 10.2 Å². The lowest BCUT2D eigenvalue weighted by atomic mass is 10.1. The Morgan fingerprint density at radius 1 is 0.927 bits per heavy atom. The summed E-state index contributed by atoms with van der Waals surface area (Å²) >= 11 is 6.19. The Hall–Kier alpha value is -3.76. The molecule has 2 amide bonds. The summed E-state index contributed by atoms with van der Waals surface area (Å²) in [5.41, 5.74) is 0.984. The zero-order valence-corrected chi connectivity index (χ0v) is 25.4. The van der Waals surface area contributed by atoms with Gasteiger partial charge in [0.2, 0.25) is 11.8 Å². The molecule has 2 unspecified atom stereocenters. The second-order valence-electron chi connectivity index (χ2n) is 9.51. The fourth-order valence-corrected chi connectivity index (χ4v) is 5.75. The van der Waals surface area contributed by atoms with Crippen molar-refractivity contribution >= 4 is 39.1 Å². The highest BCUT2D eigenvalue weighted by Crippen LogP contribution is 2.32. The molecule has 3 aromatic carbocycles. The molecule has 3 aromatic rings. The number of ether oxygens (including phenoxy) is 2. The summed E-state index contributed by atoms with van der Waals surface area (Å²) < 4.78 is 39.6. The molecule has 0 aliphatic heterocycles. The van der Waals surface area contributed by atoms with Crippen LogP contribution in [0.2, 0.25) is 5.02 Å². The summed E-state index contributed by atoms with van der Waals surface area (Å²) in [5.74, 6) is -0.318. The molecule has 11 heteroatoms. The van der Waals surface area contributed by atoms with Crippen molar-refractivity contribution in [2.24, 2.45) is 0 Å². The fourth-order valence-electron chi connectivity index (χ4n) is 4.11. The molecule has 41 heavy (non-hydrogen) atoms. The Morgan fingerprint density at radius 2 is 1.61 bits per heavy atom. The standard InChI is InChI=1S/C30H36ClN3O6S/c1-6-21(2)32-30(36)22(3)33(19-23-11-10-12-24(31)17-23)29(35)20-34(25-13-8-7-9-14-25)41(37,38)26-15-16-27(39-4)28(18-26)40-5/h7-18,21-22H,6,19-20H2,1-5H3,(H,32,36). The van der Waals surface area contributed by atoms with Crippen LogP contribution in [0.25, 0.3) is 0 Å². The molecule has 2 atom stereocenters. The Labute approximate surface area is 247 Å². The highest BCUT2D eigenvalue weighted by atomic mass is 35.5. The van der Waals surface area contributed by atoms with Crippen LogP contribution in [-0.2, 0) is 26.2 Å². The van der Waals surface area contributed by atoms with Crippen molar-refractivity contribution in [3.8, 4) is 11.5 Å². The topological polar surface area (TPSA) is 105 Å². The second kappa shape index (κ2) is 14.2. The van der Waals surface area contributed by atoms with Gasteiger partial charge >= 0.3 is 0 Å². The number of sulfonamides is 1. The Morgan fingerprint density at radius 3 is 2.22 bits per heavy atom. The van der Waals surface area contributed by atoms with E-state index in [1.807, 2.05) is 13.8 Å². The van der Waals surface area contributed by atoms with Gasteiger partial charge in [0.15, 0.2) is 11.5 Å². The maximum Gasteiger partial charge on any atom is 0.264 e. The van der Waals surface area contributed by atoms with Crippen LogP contribution in [0.3, 0.4) is 0 Å². The number of carbonyl (C=O) groups is 2. The van der Waals surface area contributed by atoms with E-state index in [1.54, 1.807) is 61.5 Å². The molecule has 0 saturated heterocycles. The maximum atomic E-state index is 14.0. The minimum atomic E-state index is -4.26. The van der Waals surface area contributed by atoms with Gasteiger partial charge in [0.1, 0.15) is 12.6 Å². The predicted molar refractivity (Wildman–Crippen MR) is 160 cm³/mol. The lowest BCUT2D eigenvalue weighted by molar-refractivity contribution is -0.139. The first-order valence-electron chi connectivity index (χ1n) is 13.2. The van der Waals surface area contributed by atoms with Gasteiger partial charge in [0.05, 0.1) is 24.8 Å². The molecular formula is C30H36ClN3O6S. The van der Waals surface area contributed by atoms with Crippen LogP contribution in [0.4, 0.5) is 5.69 Å². The summed E-state index contributed by atoms with van der Waals surface area (Å²) in [6.45, 7) is 4.94. The summed E-state index contributed by atoms with van der Waals surface area (Å²) in [6, 6.07) is 18.5. The molecule has 0 aliphatic carbocycles. The monoisotopic (exact) mass is 601 g/mol. The van der Waals surface area contributed by atoms with Crippen LogP contribution in [0.1, 0.15) is 32.8 Å². The molecule has 3 rings (SSSR count). The Balaban J connectivity index is 2.04. The number of amides is 2. The number of carbonyl (C=O) groups excluding carboxylic acids is 2. The number of nitrogens with one attached hydrogen (secondary N) is 1. The quantitative estimate of drug-likeness (QED) is 0.299. The highest BCUT2D eigenvalue weighted by Gasteiger charge is 2.33. The van der Waals surface area contributed by atoms with Crippen LogP contribution >= 0.6 is 11.6 Å². The van der Waals surface area contributed by atoms with Gasteiger partial charge in [-0.2, -0.15) is 0 Å². The van der Waals surface area contributed by atoms with E-state index in [9.17, 15) is 18.0 Å². The van der Waals surface area contributed by atoms with E-state index in [0.29, 0.717) is 22.8 Å². The van der Waals surface area contributed by atoms with E-state index in [0.717, 1.165) is 4.31 Å². The van der Waals surface area contributed by atoms with Gasteiger partial charge in [-0.1, -0.05) is 48.9 Å². The number of nitrogens with zero attached hydrogens (tertiary/aromatic N) is 2. The zero-order valence-electron chi connectivity index (χ0n) is 23.8. The smallest absolute Gasteiger partial charge is 0.264 e. The first kappa shape index (κ1) is 31.8. The third-order valence-corrected chi connectivity index (χ3v) is 8.68. The van der Waals surface area contributed by atoms with Crippen LogP contribution in [-0.4, -0.2) is 58.0 Å². The molecule has 0 spiro atoms. The van der Waals surface area contributed by atoms with Gasteiger partial charge < -0.3 is 19.7 Å². The molecule has 220 valence electrons. The summed E-state index contributed by atoms with van der Waals surface area (Å²) in [6.07, 6.45) is 0.714. The summed E-state index contributed by atoms with van der Waals surface area (Å²) in [5, 5.41) is 3.39. The van der Waals surface area contributed by atoms with Crippen molar-refractivity contribution in [1.29, 1.82) is 0 Å². The van der Waals surface area contributed by atoms with E-state index >= 15 is 0 Å². The number of methoxy groups -OCH3 is 2. The lowest BCUT2D eigenvalue weighted by Crippen LogP contribution is -2.52. The van der Waals surface area contributed by atoms with Gasteiger partial charge in [0.25, 0.3) is 10.0 Å². The van der Waals surface area contributed by atoms with Gasteiger partial charge in [-0.05, 0) is 62.2 Å². The van der Waals surface area contributed by atoms with Crippen molar-refractivity contribution < 1.29 is 27.5 Å². The molecule has 0 fully saturated rings. The minimum absolute atomic E-state index is 0.0491. The van der Waals surface area contributed by atoms with Gasteiger partial charge in [-0.25, -0.2) is 8.42 Å². The number of halogens is 1. The van der Waals surface area contributed by atoms with E-state index in [1.165, 1.54) is 37.3 Å². The predicted octanol–water partition coefficient (Wildman–Crippen LogP) is 4.88. The lowest BCUT2D eigenvalue weighted by Gasteiger charge is -2.32. The van der Waals surface area contributed by atoms with Crippen molar-refractivity contribution in [3.63, 3.8) is 0 Å². The Kier molecular flexibility index (Phi) is 11.0. The molecule has 0 aromatic heterocycles. The molecule has 0 saturated carbocycles. The van der Waals surface area contributed by atoms with E-state index in [2.05, 4.69) is 5.32 Å². The number of para-hydroxylation sites is 1. The highest BCUT2D eigenvalue weighted by molar-refractivity contribution is 7.92. The fraction of sp³-hybridized carbons (Fsp3) is 0.333. The van der Waals surface area contributed by atoms with Gasteiger partial charge in [0, 0.05) is 23.7 Å². The van der Waals surface area contributed by atoms with Crippen molar-refractivity contribution in [2.45, 2.75) is 50.7 Å². The maximum absolute atomic E-state index is 14.0.